The molecular formula is C15H18N2O3. The van der Waals surface area contributed by atoms with E-state index in [1.54, 1.807) is 14.2 Å². The highest BCUT2D eigenvalue weighted by molar-refractivity contribution is 5.90. The minimum absolute atomic E-state index is 0.0665. The van der Waals surface area contributed by atoms with Crippen molar-refractivity contribution >= 4 is 16.7 Å². The molecule has 1 unspecified atom stereocenters. The Morgan fingerprint density at radius 1 is 1.20 bits per heavy atom. The van der Waals surface area contributed by atoms with Crippen LogP contribution in [0.1, 0.15) is 18.0 Å². The van der Waals surface area contributed by atoms with Gasteiger partial charge >= 0.3 is 0 Å². The molecule has 5 heteroatoms. The summed E-state index contributed by atoms with van der Waals surface area (Å²) in [5.41, 5.74) is 12.0. The quantitative estimate of drug-likeness (QED) is 0.869. The van der Waals surface area contributed by atoms with Crippen LogP contribution < -0.4 is 20.9 Å². The molecule has 1 atom stereocenters. The van der Waals surface area contributed by atoms with Crippen LogP contribution in [0, 0.1) is 0 Å². The molecule has 0 fully saturated rings. The third-order valence-electron chi connectivity index (χ3n) is 3.23. The van der Waals surface area contributed by atoms with E-state index < -0.39 is 11.9 Å². The van der Waals surface area contributed by atoms with Crippen LogP contribution in [-0.2, 0) is 4.79 Å². The fourth-order valence-corrected chi connectivity index (χ4v) is 2.26. The zero-order chi connectivity index (χ0) is 14.7. The number of amides is 1. The van der Waals surface area contributed by atoms with Crippen molar-refractivity contribution in [1.29, 1.82) is 0 Å². The number of hydrogen-bond acceptors (Lipinski definition) is 4. The molecule has 0 radical (unpaired) electrons. The molecule has 0 saturated carbocycles. The predicted octanol–water partition coefficient (Wildman–Crippen LogP) is 1.73. The molecule has 2 rings (SSSR count). The Bertz CT molecular complexity index is 640. The Kier molecular flexibility index (Phi) is 4.10. The fraction of sp³-hybridized carbons (Fsp3) is 0.267. The van der Waals surface area contributed by atoms with E-state index in [0.29, 0.717) is 5.75 Å². The molecular weight excluding hydrogens is 256 g/mol. The monoisotopic (exact) mass is 274 g/mol. The van der Waals surface area contributed by atoms with E-state index in [-0.39, 0.29) is 6.42 Å². The first-order valence-corrected chi connectivity index (χ1v) is 6.25. The van der Waals surface area contributed by atoms with Crippen LogP contribution in [-0.4, -0.2) is 20.1 Å². The van der Waals surface area contributed by atoms with Crippen molar-refractivity contribution in [3.8, 4) is 11.5 Å². The number of carbonyl (C=O) groups excluding carboxylic acids is 1. The van der Waals surface area contributed by atoms with E-state index in [0.717, 1.165) is 22.1 Å². The van der Waals surface area contributed by atoms with E-state index in [1.807, 2.05) is 30.3 Å². The number of benzene rings is 2. The highest BCUT2D eigenvalue weighted by Crippen LogP contribution is 2.34. The molecule has 0 aliphatic heterocycles. The summed E-state index contributed by atoms with van der Waals surface area (Å²) < 4.78 is 10.7. The summed E-state index contributed by atoms with van der Waals surface area (Å²) in [5, 5.41) is 1.90. The third-order valence-corrected chi connectivity index (χ3v) is 3.23. The van der Waals surface area contributed by atoms with Gasteiger partial charge in [0.15, 0.2) is 0 Å². The molecule has 0 saturated heterocycles. The van der Waals surface area contributed by atoms with Gasteiger partial charge < -0.3 is 20.9 Å². The lowest BCUT2D eigenvalue weighted by Gasteiger charge is -2.16. The smallest absolute Gasteiger partial charge is 0.219 e. The summed E-state index contributed by atoms with van der Waals surface area (Å²) in [5.74, 6) is 0.942. The number of nitrogens with two attached hydrogens (primary N) is 2. The third kappa shape index (κ3) is 2.67. The van der Waals surface area contributed by atoms with Crippen LogP contribution in [0.3, 0.4) is 0 Å². The van der Waals surface area contributed by atoms with Crippen LogP contribution in [0.15, 0.2) is 30.3 Å². The Hall–Kier alpha value is -2.27. The van der Waals surface area contributed by atoms with Crippen molar-refractivity contribution in [2.24, 2.45) is 11.5 Å². The Labute approximate surface area is 117 Å². The largest absolute Gasteiger partial charge is 0.496 e. The summed E-state index contributed by atoms with van der Waals surface area (Å²) in [7, 11) is 3.18. The van der Waals surface area contributed by atoms with Crippen LogP contribution in [0.25, 0.3) is 10.8 Å². The molecule has 20 heavy (non-hydrogen) atoms. The van der Waals surface area contributed by atoms with Gasteiger partial charge in [0.05, 0.1) is 14.2 Å². The van der Waals surface area contributed by atoms with Crippen LogP contribution in [0.5, 0.6) is 11.5 Å². The van der Waals surface area contributed by atoms with Crippen molar-refractivity contribution < 1.29 is 14.3 Å². The molecule has 5 nitrogen and oxygen atoms in total. The van der Waals surface area contributed by atoms with Gasteiger partial charge in [-0.2, -0.15) is 0 Å². The van der Waals surface area contributed by atoms with E-state index >= 15 is 0 Å². The van der Waals surface area contributed by atoms with Gasteiger partial charge in [-0.25, -0.2) is 0 Å². The van der Waals surface area contributed by atoms with Gasteiger partial charge in [-0.15, -0.1) is 0 Å². The summed E-state index contributed by atoms with van der Waals surface area (Å²) >= 11 is 0. The molecule has 0 bridgehead atoms. The number of methoxy groups -OCH3 is 2. The van der Waals surface area contributed by atoms with Crippen molar-refractivity contribution in [3.63, 3.8) is 0 Å². The minimum atomic E-state index is -0.503. The van der Waals surface area contributed by atoms with Gasteiger partial charge in [0.1, 0.15) is 11.5 Å². The number of hydrogen-bond donors (Lipinski definition) is 2. The first-order valence-electron chi connectivity index (χ1n) is 6.25. The number of primary amides is 1. The molecule has 0 aliphatic carbocycles. The Morgan fingerprint density at radius 2 is 1.90 bits per heavy atom. The maximum Gasteiger partial charge on any atom is 0.219 e. The van der Waals surface area contributed by atoms with Crippen molar-refractivity contribution in [2.45, 2.75) is 12.5 Å². The molecule has 0 aliphatic rings. The highest BCUT2D eigenvalue weighted by Gasteiger charge is 2.16. The number of ether oxygens (including phenoxy) is 2. The number of carbonyl (C=O) groups is 1. The van der Waals surface area contributed by atoms with Gasteiger partial charge in [0.2, 0.25) is 5.91 Å². The van der Waals surface area contributed by atoms with Gasteiger partial charge in [-0.05, 0) is 23.6 Å². The topological polar surface area (TPSA) is 87.6 Å². The zero-order valence-corrected chi connectivity index (χ0v) is 11.6. The maximum atomic E-state index is 11.0. The SMILES string of the molecule is COc1cc2cccc(OC)c2cc1C(N)CC(N)=O. The number of fused-ring (bicyclic) bond motifs is 1. The average molecular weight is 274 g/mol. The molecule has 2 aromatic rings. The molecule has 0 aromatic heterocycles. The first kappa shape index (κ1) is 14.1. The Balaban J connectivity index is 2.60. The van der Waals surface area contributed by atoms with Gasteiger partial charge in [0.25, 0.3) is 0 Å². The van der Waals surface area contributed by atoms with Gasteiger partial charge in [0, 0.05) is 23.4 Å². The zero-order valence-electron chi connectivity index (χ0n) is 11.6. The second-order valence-corrected chi connectivity index (χ2v) is 4.55. The molecule has 106 valence electrons. The lowest BCUT2D eigenvalue weighted by molar-refractivity contribution is -0.118. The van der Waals surface area contributed by atoms with E-state index in [9.17, 15) is 4.79 Å². The van der Waals surface area contributed by atoms with E-state index in [2.05, 4.69) is 0 Å². The molecule has 0 spiro atoms. The second kappa shape index (κ2) is 5.79. The summed E-state index contributed by atoms with van der Waals surface area (Å²) in [6, 6.07) is 9.01. The van der Waals surface area contributed by atoms with E-state index in [4.69, 9.17) is 20.9 Å². The first-order chi connectivity index (χ1) is 9.56. The van der Waals surface area contributed by atoms with Gasteiger partial charge in [-0.1, -0.05) is 12.1 Å². The van der Waals surface area contributed by atoms with Crippen molar-refractivity contribution in [3.05, 3.63) is 35.9 Å². The summed E-state index contributed by atoms with van der Waals surface area (Å²) in [6.45, 7) is 0. The summed E-state index contributed by atoms with van der Waals surface area (Å²) in [6.07, 6.45) is 0.0665. The molecule has 1 amide bonds. The minimum Gasteiger partial charge on any atom is -0.496 e. The Morgan fingerprint density at radius 3 is 2.50 bits per heavy atom. The number of rotatable bonds is 5. The average Bonchev–Trinajstić information content (AvgIpc) is 2.44. The normalized spacial score (nSPS) is 12.2. The van der Waals surface area contributed by atoms with Gasteiger partial charge in [-0.3, -0.25) is 4.79 Å². The second-order valence-electron chi connectivity index (χ2n) is 4.55. The maximum absolute atomic E-state index is 11.0. The summed E-state index contributed by atoms with van der Waals surface area (Å²) in [4.78, 5) is 11.0. The molecule has 2 aromatic carbocycles. The van der Waals surface area contributed by atoms with E-state index in [1.165, 1.54) is 0 Å². The molecule has 4 N–H and O–H groups in total. The van der Waals surface area contributed by atoms with Crippen molar-refractivity contribution in [1.82, 2.24) is 0 Å². The lowest BCUT2D eigenvalue weighted by atomic mass is 9.98. The lowest BCUT2D eigenvalue weighted by Crippen LogP contribution is -2.21. The predicted molar refractivity (Wildman–Crippen MR) is 77.8 cm³/mol. The fourth-order valence-electron chi connectivity index (χ4n) is 2.26. The van der Waals surface area contributed by atoms with Crippen LogP contribution in [0.2, 0.25) is 0 Å². The highest BCUT2D eigenvalue weighted by atomic mass is 16.5. The van der Waals surface area contributed by atoms with Crippen molar-refractivity contribution in [2.75, 3.05) is 14.2 Å². The molecule has 0 heterocycles. The van der Waals surface area contributed by atoms with Crippen LogP contribution >= 0.6 is 0 Å². The standard InChI is InChI=1S/C15H18N2O3/c1-19-13-5-3-4-9-6-14(20-2)11(7-10(9)13)12(16)8-15(17)18/h3-7,12H,8,16H2,1-2H3,(H2,17,18). The van der Waals surface area contributed by atoms with Crippen LogP contribution in [0.4, 0.5) is 0 Å².